The first-order valence-electron chi connectivity index (χ1n) is 13.3. The second kappa shape index (κ2) is 13.8. The van der Waals surface area contributed by atoms with Crippen molar-refractivity contribution in [3.8, 4) is 11.5 Å². The minimum Gasteiger partial charge on any atom is -0.491 e. The van der Waals surface area contributed by atoms with Crippen LogP contribution in [0.15, 0.2) is 67.0 Å². The van der Waals surface area contributed by atoms with E-state index in [4.69, 9.17) is 25.8 Å². The minimum absolute atomic E-state index is 0.0502. The predicted molar refractivity (Wildman–Crippen MR) is 158 cm³/mol. The lowest BCUT2D eigenvalue weighted by atomic mass is 10.1. The van der Waals surface area contributed by atoms with E-state index in [1.807, 2.05) is 0 Å². The molecular weight excluding hydrogens is 565 g/mol. The maximum Gasteiger partial charge on any atom is 0.308 e. The molecule has 0 saturated heterocycles. The average Bonchev–Trinajstić information content (AvgIpc) is 2.90. The summed E-state index contributed by atoms with van der Waals surface area (Å²) in [6.45, 7) is 5.30. The fourth-order valence-corrected chi connectivity index (χ4v) is 4.31. The van der Waals surface area contributed by atoms with Crippen molar-refractivity contribution in [1.29, 1.82) is 0 Å². The highest BCUT2D eigenvalue weighted by Crippen LogP contribution is 2.32. The smallest absolute Gasteiger partial charge is 0.308 e. The fourth-order valence-electron chi connectivity index (χ4n) is 4.08. The molecule has 0 aliphatic carbocycles. The molecule has 0 bridgehead atoms. The Labute approximate surface area is 248 Å². The number of aromatic nitrogens is 2. The summed E-state index contributed by atoms with van der Waals surface area (Å²) < 4.78 is 30.1. The maximum absolute atomic E-state index is 13.4. The normalized spacial score (nSPS) is 12.9. The van der Waals surface area contributed by atoms with Gasteiger partial charge >= 0.3 is 5.97 Å². The highest BCUT2D eigenvalue weighted by Gasteiger charge is 2.21. The zero-order valence-electron chi connectivity index (χ0n) is 23.5. The molecule has 0 fully saturated rings. The van der Waals surface area contributed by atoms with Crippen LogP contribution in [0, 0.1) is 5.82 Å². The van der Waals surface area contributed by atoms with E-state index >= 15 is 0 Å². The van der Waals surface area contributed by atoms with Gasteiger partial charge in [-0.05, 0) is 74.9 Å². The standard InChI is InChI=1S/C31H33ClFN3O6/c1-31(2,3)42-29(39)14-22(37)13-23(38)17-40-24-8-9-27-25(15-24)30(35-18-34-27)36-21-7-10-28(26(32)12-21)41-16-19-5-4-6-20(33)11-19/h4-12,15,18,22-23,37-38H,13-14,16-17H2,1-3H3,(H,34,35,36). The molecule has 1 aromatic heterocycles. The summed E-state index contributed by atoms with van der Waals surface area (Å²) in [7, 11) is 0. The summed E-state index contributed by atoms with van der Waals surface area (Å²) in [5.41, 5.74) is 1.35. The summed E-state index contributed by atoms with van der Waals surface area (Å²) in [6, 6.07) is 16.5. The number of hydrogen-bond donors (Lipinski definition) is 3. The van der Waals surface area contributed by atoms with Crippen molar-refractivity contribution in [3.63, 3.8) is 0 Å². The van der Waals surface area contributed by atoms with Crippen LogP contribution in [0.4, 0.5) is 15.9 Å². The van der Waals surface area contributed by atoms with Gasteiger partial charge in [0.2, 0.25) is 0 Å². The molecule has 2 atom stereocenters. The second-order valence-electron chi connectivity index (χ2n) is 10.7. The lowest BCUT2D eigenvalue weighted by Crippen LogP contribution is -2.29. The van der Waals surface area contributed by atoms with Gasteiger partial charge in [0.1, 0.15) is 48.3 Å². The molecule has 3 aromatic carbocycles. The molecule has 0 saturated carbocycles. The van der Waals surface area contributed by atoms with E-state index in [2.05, 4.69) is 15.3 Å². The lowest BCUT2D eigenvalue weighted by molar-refractivity contribution is -0.157. The van der Waals surface area contributed by atoms with Crippen molar-refractivity contribution < 1.29 is 33.6 Å². The molecule has 4 rings (SSSR count). The highest BCUT2D eigenvalue weighted by atomic mass is 35.5. The summed E-state index contributed by atoms with van der Waals surface area (Å²) in [5.74, 6) is 0.538. The minimum atomic E-state index is -1.07. The van der Waals surface area contributed by atoms with Crippen LogP contribution >= 0.6 is 11.6 Å². The van der Waals surface area contributed by atoms with Crippen molar-refractivity contribution in [2.75, 3.05) is 11.9 Å². The predicted octanol–water partition coefficient (Wildman–Crippen LogP) is 5.97. The first-order chi connectivity index (χ1) is 19.9. The van der Waals surface area contributed by atoms with Crippen molar-refractivity contribution >= 4 is 40.0 Å². The molecule has 1 heterocycles. The van der Waals surface area contributed by atoms with E-state index in [0.29, 0.717) is 44.5 Å². The second-order valence-corrected chi connectivity index (χ2v) is 11.1. The number of nitrogens with one attached hydrogen (secondary N) is 1. The summed E-state index contributed by atoms with van der Waals surface area (Å²) >= 11 is 6.44. The van der Waals surface area contributed by atoms with E-state index in [9.17, 15) is 19.4 Å². The number of anilines is 2. The maximum atomic E-state index is 13.4. The van der Waals surface area contributed by atoms with Crippen LogP contribution in [-0.2, 0) is 16.1 Å². The number of rotatable bonds is 12. The molecule has 2 unspecified atom stereocenters. The molecule has 0 spiro atoms. The summed E-state index contributed by atoms with van der Waals surface area (Å²) in [4.78, 5) is 20.6. The first kappa shape index (κ1) is 31.0. The van der Waals surface area contributed by atoms with E-state index in [1.54, 1.807) is 69.3 Å². The molecule has 42 heavy (non-hydrogen) atoms. The Hall–Kier alpha value is -3.99. The molecule has 4 aromatic rings. The quantitative estimate of drug-likeness (QED) is 0.170. The number of fused-ring (bicyclic) bond motifs is 1. The van der Waals surface area contributed by atoms with E-state index in [0.717, 1.165) is 0 Å². The van der Waals surface area contributed by atoms with Gasteiger partial charge in [0, 0.05) is 17.5 Å². The van der Waals surface area contributed by atoms with Gasteiger partial charge in [0.15, 0.2) is 0 Å². The van der Waals surface area contributed by atoms with Crippen LogP contribution in [0.5, 0.6) is 11.5 Å². The number of ether oxygens (including phenoxy) is 3. The Kier molecular flexibility index (Phi) is 10.2. The van der Waals surface area contributed by atoms with Gasteiger partial charge < -0.3 is 29.7 Å². The zero-order chi connectivity index (χ0) is 30.3. The Balaban J connectivity index is 1.36. The van der Waals surface area contributed by atoms with Crippen LogP contribution < -0.4 is 14.8 Å². The van der Waals surface area contributed by atoms with E-state index < -0.39 is 23.8 Å². The van der Waals surface area contributed by atoms with Crippen molar-refractivity contribution in [1.82, 2.24) is 9.97 Å². The first-order valence-corrected chi connectivity index (χ1v) is 13.7. The Bertz CT molecular complexity index is 1530. The molecule has 0 amide bonds. The topological polar surface area (TPSA) is 123 Å². The average molecular weight is 598 g/mol. The third kappa shape index (κ3) is 9.27. The Morgan fingerprint density at radius 2 is 1.83 bits per heavy atom. The molecule has 0 radical (unpaired) electrons. The van der Waals surface area contributed by atoms with Crippen LogP contribution in [0.2, 0.25) is 5.02 Å². The van der Waals surface area contributed by atoms with Crippen molar-refractivity contribution in [2.24, 2.45) is 0 Å². The largest absolute Gasteiger partial charge is 0.491 e. The third-order valence-corrected chi connectivity index (χ3v) is 6.19. The third-order valence-electron chi connectivity index (χ3n) is 5.89. The van der Waals surface area contributed by atoms with Gasteiger partial charge in [-0.2, -0.15) is 0 Å². The molecule has 9 nitrogen and oxygen atoms in total. The number of carbonyl (C=O) groups excluding carboxylic acids is 1. The van der Waals surface area contributed by atoms with Gasteiger partial charge in [-0.1, -0.05) is 23.7 Å². The van der Waals surface area contributed by atoms with Crippen molar-refractivity contribution in [3.05, 3.63) is 83.4 Å². The van der Waals surface area contributed by atoms with Gasteiger partial charge in [-0.15, -0.1) is 0 Å². The molecule has 222 valence electrons. The molecular formula is C31H33ClFN3O6. The highest BCUT2D eigenvalue weighted by molar-refractivity contribution is 6.32. The number of hydrogen-bond acceptors (Lipinski definition) is 9. The molecule has 11 heteroatoms. The van der Waals surface area contributed by atoms with Gasteiger partial charge in [0.25, 0.3) is 0 Å². The number of benzene rings is 3. The van der Waals surface area contributed by atoms with Crippen LogP contribution in [0.3, 0.4) is 0 Å². The Morgan fingerprint density at radius 1 is 1.02 bits per heavy atom. The van der Waals surface area contributed by atoms with Gasteiger partial charge in [-0.3, -0.25) is 4.79 Å². The van der Waals surface area contributed by atoms with Gasteiger partial charge in [0.05, 0.1) is 29.2 Å². The van der Waals surface area contributed by atoms with Crippen LogP contribution in [-0.4, -0.2) is 50.6 Å². The van der Waals surface area contributed by atoms with E-state index in [1.165, 1.54) is 18.5 Å². The fraction of sp³-hybridized carbons (Fsp3) is 0.323. The number of nitrogens with zero attached hydrogens (tertiary/aromatic N) is 2. The number of aliphatic hydroxyl groups excluding tert-OH is 2. The van der Waals surface area contributed by atoms with Crippen molar-refractivity contribution in [2.45, 2.75) is 58.0 Å². The number of carbonyl (C=O) groups is 1. The number of aliphatic hydroxyl groups is 2. The molecule has 0 aliphatic rings. The summed E-state index contributed by atoms with van der Waals surface area (Å²) in [6.07, 6.45) is -0.915. The zero-order valence-corrected chi connectivity index (χ0v) is 24.3. The van der Waals surface area contributed by atoms with Crippen LogP contribution in [0.25, 0.3) is 10.9 Å². The summed E-state index contributed by atoms with van der Waals surface area (Å²) in [5, 5.41) is 24.8. The lowest BCUT2D eigenvalue weighted by Gasteiger charge is -2.21. The Morgan fingerprint density at radius 3 is 2.57 bits per heavy atom. The van der Waals surface area contributed by atoms with Gasteiger partial charge in [-0.25, -0.2) is 14.4 Å². The molecule has 0 aliphatic heterocycles. The van der Waals surface area contributed by atoms with E-state index in [-0.39, 0.29) is 31.9 Å². The molecule has 3 N–H and O–H groups in total. The SMILES string of the molecule is CC(C)(C)OC(=O)CC(O)CC(O)COc1ccc2ncnc(Nc3ccc(OCc4cccc(F)c4)c(Cl)c3)c2c1. The van der Waals surface area contributed by atoms with Crippen LogP contribution in [0.1, 0.15) is 39.2 Å². The monoisotopic (exact) mass is 597 g/mol. The number of esters is 1. The number of halogens is 2.